The molecule has 0 radical (unpaired) electrons. The number of fused-ring (bicyclic) bond motifs is 1. The summed E-state index contributed by atoms with van der Waals surface area (Å²) < 4.78 is 1.31. The van der Waals surface area contributed by atoms with Gasteiger partial charge in [-0.15, -0.1) is 0 Å². The molecular formula is C17H19N3O4. The van der Waals surface area contributed by atoms with Crippen molar-refractivity contribution in [2.45, 2.75) is 26.3 Å². The van der Waals surface area contributed by atoms with Crippen LogP contribution < -0.4 is 5.56 Å². The number of carboxylic acids is 1. The van der Waals surface area contributed by atoms with Gasteiger partial charge in [0, 0.05) is 18.5 Å². The van der Waals surface area contributed by atoms with E-state index in [-0.39, 0.29) is 29.7 Å². The van der Waals surface area contributed by atoms with E-state index in [1.54, 1.807) is 24.3 Å². The van der Waals surface area contributed by atoms with Crippen molar-refractivity contribution in [3.8, 4) is 0 Å². The normalized spacial score (nSPS) is 17.6. The Kier molecular flexibility index (Phi) is 4.09. The van der Waals surface area contributed by atoms with E-state index >= 15 is 0 Å². The molecule has 1 saturated heterocycles. The highest BCUT2D eigenvalue weighted by Gasteiger charge is 2.33. The zero-order valence-electron chi connectivity index (χ0n) is 13.6. The second kappa shape index (κ2) is 6.07. The summed E-state index contributed by atoms with van der Waals surface area (Å²) in [6.45, 7) is 4.21. The average molecular weight is 329 g/mol. The van der Waals surface area contributed by atoms with E-state index in [1.165, 1.54) is 9.58 Å². The summed E-state index contributed by atoms with van der Waals surface area (Å²) in [7, 11) is 0. The Morgan fingerprint density at radius 2 is 1.92 bits per heavy atom. The molecule has 1 aromatic heterocycles. The molecule has 3 rings (SSSR count). The number of aliphatic carboxylic acids is 1. The van der Waals surface area contributed by atoms with Crippen LogP contribution in [-0.4, -0.2) is 44.8 Å². The first kappa shape index (κ1) is 16.2. The third-order valence-electron chi connectivity index (χ3n) is 4.34. The first-order chi connectivity index (χ1) is 11.4. The molecule has 1 aliphatic rings. The number of nitrogens with zero attached hydrogens (tertiary/aromatic N) is 3. The third-order valence-corrected chi connectivity index (χ3v) is 4.34. The molecule has 7 heteroatoms. The topological polar surface area (TPSA) is 92.5 Å². The minimum atomic E-state index is -0.893. The second-order valence-corrected chi connectivity index (χ2v) is 6.31. The van der Waals surface area contributed by atoms with Gasteiger partial charge in [0.1, 0.15) is 0 Å². The predicted octanol–water partition coefficient (Wildman–Crippen LogP) is 1.52. The van der Waals surface area contributed by atoms with Gasteiger partial charge < -0.3 is 10.0 Å². The van der Waals surface area contributed by atoms with Crippen LogP contribution in [0.15, 0.2) is 29.1 Å². The lowest BCUT2D eigenvalue weighted by molar-refractivity contribution is -0.141. The molecule has 1 amide bonds. The van der Waals surface area contributed by atoms with Gasteiger partial charge in [-0.2, -0.15) is 5.10 Å². The van der Waals surface area contributed by atoms with Crippen molar-refractivity contribution in [3.63, 3.8) is 0 Å². The third kappa shape index (κ3) is 2.66. The molecule has 1 N–H and O–H groups in total. The molecule has 1 fully saturated rings. The highest BCUT2D eigenvalue weighted by atomic mass is 16.4. The van der Waals surface area contributed by atoms with E-state index in [9.17, 15) is 14.4 Å². The van der Waals surface area contributed by atoms with Crippen LogP contribution in [0.3, 0.4) is 0 Å². The minimum absolute atomic E-state index is 0.172. The Hall–Kier alpha value is -2.70. The van der Waals surface area contributed by atoms with Crippen LogP contribution >= 0.6 is 0 Å². The van der Waals surface area contributed by atoms with Crippen LogP contribution in [0.5, 0.6) is 0 Å². The number of amides is 1. The summed E-state index contributed by atoms with van der Waals surface area (Å²) >= 11 is 0. The van der Waals surface area contributed by atoms with Crippen molar-refractivity contribution < 1.29 is 14.7 Å². The number of carbonyl (C=O) groups excluding carboxylic acids is 1. The smallest absolute Gasteiger partial charge is 0.308 e. The summed E-state index contributed by atoms with van der Waals surface area (Å²) in [5.41, 5.74) is -0.0353. The second-order valence-electron chi connectivity index (χ2n) is 6.31. The molecule has 126 valence electrons. The Balaban J connectivity index is 2.09. The fourth-order valence-electron chi connectivity index (χ4n) is 3.01. The summed E-state index contributed by atoms with van der Waals surface area (Å²) in [5, 5.41) is 14.3. The number of aromatic nitrogens is 2. The molecule has 24 heavy (non-hydrogen) atoms. The van der Waals surface area contributed by atoms with Gasteiger partial charge >= 0.3 is 5.97 Å². The van der Waals surface area contributed by atoms with E-state index < -0.39 is 11.9 Å². The van der Waals surface area contributed by atoms with Crippen molar-refractivity contribution in [2.24, 2.45) is 5.92 Å². The summed E-state index contributed by atoms with van der Waals surface area (Å²) in [5.74, 6) is -1.77. The molecule has 1 unspecified atom stereocenters. The van der Waals surface area contributed by atoms with Crippen LogP contribution in [0.4, 0.5) is 0 Å². The van der Waals surface area contributed by atoms with Crippen molar-refractivity contribution in [2.75, 3.05) is 13.1 Å². The summed E-state index contributed by atoms with van der Waals surface area (Å²) in [6.07, 6.45) is 0.433. The molecule has 1 atom stereocenters. The Morgan fingerprint density at radius 1 is 1.25 bits per heavy atom. The fraction of sp³-hybridized carbons (Fsp3) is 0.412. The maximum absolute atomic E-state index is 12.9. The first-order valence-corrected chi connectivity index (χ1v) is 7.93. The maximum Gasteiger partial charge on any atom is 0.308 e. The van der Waals surface area contributed by atoms with Gasteiger partial charge in [0.2, 0.25) is 0 Å². The highest BCUT2D eigenvalue weighted by Crippen LogP contribution is 2.21. The largest absolute Gasteiger partial charge is 0.481 e. The molecule has 0 saturated carbocycles. The monoisotopic (exact) mass is 329 g/mol. The standard InChI is InChI=1S/C17H19N3O4/c1-10(2)20-15(21)13-6-4-3-5-12(13)14(18-20)16(22)19-8-7-11(9-19)17(23)24/h3-6,10-11H,7-9H2,1-2H3,(H,23,24). The summed E-state index contributed by atoms with van der Waals surface area (Å²) in [6, 6.07) is 6.70. The maximum atomic E-state index is 12.9. The molecule has 2 aromatic rings. The molecular weight excluding hydrogens is 310 g/mol. The quantitative estimate of drug-likeness (QED) is 0.922. The van der Waals surface area contributed by atoms with Crippen LogP contribution in [-0.2, 0) is 4.79 Å². The number of benzene rings is 1. The minimum Gasteiger partial charge on any atom is -0.481 e. The van der Waals surface area contributed by atoms with Crippen LogP contribution in [0.2, 0.25) is 0 Å². The van der Waals surface area contributed by atoms with Crippen LogP contribution in [0, 0.1) is 5.92 Å². The Bertz CT molecular complexity index is 872. The molecule has 7 nitrogen and oxygen atoms in total. The van der Waals surface area contributed by atoms with Gasteiger partial charge in [0.15, 0.2) is 5.69 Å². The zero-order valence-corrected chi connectivity index (χ0v) is 13.6. The van der Waals surface area contributed by atoms with Gasteiger partial charge in [-0.05, 0) is 26.3 Å². The van der Waals surface area contributed by atoms with Gasteiger partial charge in [0.25, 0.3) is 11.5 Å². The lowest BCUT2D eigenvalue weighted by Crippen LogP contribution is -2.34. The van der Waals surface area contributed by atoms with Gasteiger partial charge in [-0.1, -0.05) is 18.2 Å². The Labute approximate surface area is 138 Å². The van der Waals surface area contributed by atoms with Crippen LogP contribution in [0.1, 0.15) is 36.8 Å². The molecule has 0 bridgehead atoms. The van der Waals surface area contributed by atoms with Gasteiger partial charge in [-0.25, -0.2) is 4.68 Å². The van der Waals surface area contributed by atoms with Crippen LogP contribution in [0.25, 0.3) is 10.8 Å². The number of carbonyl (C=O) groups is 2. The van der Waals surface area contributed by atoms with Crippen molar-refractivity contribution in [1.29, 1.82) is 0 Å². The molecule has 1 aliphatic heterocycles. The van der Waals surface area contributed by atoms with E-state index in [4.69, 9.17) is 5.11 Å². The molecule has 0 aliphatic carbocycles. The number of carboxylic acid groups (broad SMARTS) is 1. The molecule has 2 heterocycles. The molecule has 1 aromatic carbocycles. The first-order valence-electron chi connectivity index (χ1n) is 7.93. The van der Waals surface area contributed by atoms with Crippen molar-refractivity contribution in [3.05, 3.63) is 40.3 Å². The van der Waals surface area contributed by atoms with E-state index in [1.807, 2.05) is 13.8 Å². The fourth-order valence-corrected chi connectivity index (χ4v) is 3.01. The van der Waals surface area contributed by atoms with Crippen molar-refractivity contribution >= 4 is 22.6 Å². The number of hydrogen-bond donors (Lipinski definition) is 1. The summed E-state index contributed by atoms with van der Waals surface area (Å²) in [4.78, 5) is 38.0. The average Bonchev–Trinajstić information content (AvgIpc) is 3.05. The highest BCUT2D eigenvalue weighted by molar-refractivity contribution is 6.05. The Morgan fingerprint density at radius 3 is 2.50 bits per heavy atom. The van der Waals surface area contributed by atoms with Gasteiger partial charge in [0.05, 0.1) is 17.3 Å². The lowest BCUT2D eigenvalue weighted by atomic mass is 10.1. The predicted molar refractivity (Wildman–Crippen MR) is 88.0 cm³/mol. The zero-order chi connectivity index (χ0) is 17.4. The number of likely N-dealkylation sites (tertiary alicyclic amines) is 1. The number of hydrogen-bond acceptors (Lipinski definition) is 4. The van der Waals surface area contributed by atoms with Gasteiger partial charge in [-0.3, -0.25) is 14.4 Å². The number of rotatable bonds is 3. The van der Waals surface area contributed by atoms with Crippen molar-refractivity contribution in [1.82, 2.24) is 14.7 Å². The van der Waals surface area contributed by atoms with E-state index in [0.717, 1.165) is 0 Å². The van der Waals surface area contributed by atoms with E-state index in [0.29, 0.717) is 23.7 Å². The lowest BCUT2D eigenvalue weighted by Gasteiger charge is -2.18. The SMILES string of the molecule is CC(C)n1nc(C(=O)N2CCC(C(=O)O)C2)c2ccccc2c1=O. The van der Waals surface area contributed by atoms with E-state index in [2.05, 4.69) is 5.10 Å². The molecule has 0 spiro atoms.